The molecular weight excluding hydrogens is 1850 g/mol. The molecule has 0 saturated carbocycles. The fourth-order valence-electron chi connectivity index (χ4n) is 10.1. The first kappa shape index (κ1) is 120. The van der Waals surface area contributed by atoms with Gasteiger partial charge in [0.05, 0.1) is 13.1 Å². The Morgan fingerprint density at radius 2 is 0.641 bits per heavy atom. The van der Waals surface area contributed by atoms with Gasteiger partial charge in [0.1, 0.15) is 0 Å². The Balaban J connectivity index is 0.000000812. The SMILES string of the molecule is CN(C)C(N)=NC(N)=NCc1ccc(O)c(O)c1.CN(CCc1ccc(O)c(O)c1)C(=N)N=C(N)N.CN(Cc1ccc(O)c(O)c1)C(=N)N(C)C(=N)N.CN=C(N)N=C(N)N(C)Cc1ccc(O)c(O)c1.CN=C(N)NC(N)=NCc1ccc(O)c(O)c1.CN=C(N=C(N)N)N(C)Cc1ccc(O)c(O)c1.CN=C(N=C(N)N)NCCc1ccc(O)c(O)c1.NC(N)=NC(N)=NCCc1ccc(O)c(O)c1. The zero-order chi connectivity index (χ0) is 108. The predicted octanol–water partition coefficient (Wildman–Crippen LogP) is -2.40. The van der Waals surface area contributed by atoms with Gasteiger partial charge in [-0.2, -0.15) is 30.0 Å². The zero-order valence-corrected chi connectivity index (χ0v) is 80.0. The fraction of sp³-hybridized carbons (Fsp3) is 0.256. The molecule has 0 unspecified atom stereocenters. The Kier molecular flexibility index (Phi) is 52.7. The summed E-state index contributed by atoms with van der Waals surface area (Å²) in [4.78, 5) is 58.9. The second kappa shape index (κ2) is 62.1. The minimum atomic E-state index is -0.222. The molecule has 0 radical (unpaired) electrons. The molecule has 0 atom stereocenters. The average molecular weight is 1980 g/mol. The number of phenols is 16. The maximum Gasteiger partial charge on any atom is 0.223 e. The quantitative estimate of drug-likeness (QED) is 0.0228. The van der Waals surface area contributed by atoms with Gasteiger partial charge in [-0.3, -0.25) is 51.4 Å². The van der Waals surface area contributed by atoms with E-state index in [1.807, 2.05) is 0 Å². The van der Waals surface area contributed by atoms with E-state index in [4.69, 9.17) is 133 Å². The molecule has 0 aromatic heterocycles. The molecule has 0 spiro atoms. The zero-order valence-electron chi connectivity index (χ0n) is 80.0. The van der Waals surface area contributed by atoms with Crippen LogP contribution < -0.4 is 102 Å². The third-order valence-corrected chi connectivity index (χ3v) is 17.7. The van der Waals surface area contributed by atoms with E-state index in [-0.39, 0.29) is 189 Å². The van der Waals surface area contributed by atoms with E-state index >= 15 is 0 Å². The van der Waals surface area contributed by atoms with Crippen molar-refractivity contribution in [1.29, 1.82) is 16.2 Å². The number of aliphatic imine (C=N–C) groups is 13. The molecule has 0 bridgehead atoms. The van der Waals surface area contributed by atoms with Gasteiger partial charge in [-0.05, 0) is 161 Å². The van der Waals surface area contributed by atoms with Gasteiger partial charge in [0, 0.05) is 117 Å². The summed E-state index contributed by atoms with van der Waals surface area (Å²) in [6, 6.07) is 36.2. The van der Waals surface area contributed by atoms with Crippen LogP contribution in [0.2, 0.25) is 0 Å². The summed E-state index contributed by atoms with van der Waals surface area (Å²) in [7, 11) is 18.0. The molecule has 8 aromatic carbocycles. The number of nitrogens with zero attached hydrogens (tertiary/aromatic N) is 19. The Morgan fingerprint density at radius 1 is 0.303 bits per heavy atom. The molecule has 0 saturated heterocycles. The second-order valence-electron chi connectivity index (χ2n) is 29.3. The van der Waals surface area contributed by atoms with Crippen LogP contribution in [0.4, 0.5) is 0 Å². The normalized spacial score (nSPS) is 11.3. The first-order valence-electron chi connectivity index (χ1n) is 41.2. The van der Waals surface area contributed by atoms with Crippen LogP contribution in [0.5, 0.6) is 92.0 Å². The third kappa shape index (κ3) is 48.9. The molecule has 0 aliphatic carbocycles. The summed E-state index contributed by atoms with van der Waals surface area (Å²) < 4.78 is 0. The van der Waals surface area contributed by atoms with Gasteiger partial charge in [-0.25, -0.2) is 9.98 Å². The Hall–Kier alpha value is -19.5. The van der Waals surface area contributed by atoms with Crippen molar-refractivity contribution in [2.45, 2.75) is 52.0 Å². The summed E-state index contributed by atoms with van der Waals surface area (Å²) in [5.41, 5.74) is 91.8. The molecule has 8 aromatic rings. The van der Waals surface area contributed by atoms with Gasteiger partial charge in [0.2, 0.25) is 35.8 Å². The standard InChI is InChI=1S/6C11H17N5O2.2C10H15N5O2/c1-16(2)11(13)15-10(12)14-6-7-3-4-8(17)9(18)5-7;1-14-10(12)15-11(13)16(2)6-7-3-4-8(17)9(18)5-7;1-15(11(14)16(2)10(12)13)6-7-3-4-8(17)9(18)5-7;1-14-11(15-10(12)13)16(2)6-7-3-4-8(17)9(18)5-7;1-16(11(14)15-10(12)13)5-4-7-2-3-8(17)9(18)6-7;1-14-11(16-10(12)13)15-5-4-7-2-3-8(17)9(18)6-7;1-13-9(11)15-10(12)14-5-6-2-3-7(16)8(17)4-6;11-9(12)15-10(13)14-4-3-6-1-2-7(16)8(17)5-6/h2*3-5,17-18H,6H2,1-2H3,(H4,12,13,14,15);3-5,14,17-18H,6H2,1-2H3,(H3,12,13);3-5,17-18H,6H2,1-2H3,(H4,12,13,14,15);2-3,6,17-18H,4-5H2,1H3,(H5,12,13,14,15);2-3,6,17-18H,4-5H2,1H3,(H5,12,13,14,15,16);2-4,16-17H,5H2,1H3,(H5,11,12,13,14,15);1-2,5,16-17H,3-4H2,(H6,11,12,13,14,15). The van der Waals surface area contributed by atoms with Gasteiger partial charge >= 0.3 is 0 Å². The molecule has 0 amide bonds. The third-order valence-electron chi connectivity index (χ3n) is 17.7. The topological polar surface area (TPSA) is 1020 Å². The number of benzene rings is 8. The van der Waals surface area contributed by atoms with Crippen LogP contribution in [0.25, 0.3) is 0 Å². The van der Waals surface area contributed by atoms with Crippen LogP contribution in [0.3, 0.4) is 0 Å². The van der Waals surface area contributed by atoms with E-state index in [0.29, 0.717) is 81.6 Å². The lowest BCUT2D eigenvalue weighted by molar-refractivity contribution is 0.400. The Morgan fingerprint density at radius 3 is 1.00 bits per heavy atom. The highest BCUT2D eigenvalue weighted by atomic mass is 16.3. The predicted molar refractivity (Wildman–Crippen MR) is 552 cm³/mol. The number of nitrogens with one attached hydrogen (secondary N) is 5. The lowest BCUT2D eigenvalue weighted by Crippen LogP contribution is -2.45. The van der Waals surface area contributed by atoms with Crippen molar-refractivity contribution in [2.75, 3.05) is 97.2 Å². The maximum atomic E-state index is 9.39. The van der Waals surface area contributed by atoms with Gasteiger partial charge in [-0.1, -0.05) is 48.5 Å². The van der Waals surface area contributed by atoms with Crippen molar-refractivity contribution in [3.05, 3.63) is 190 Å². The van der Waals surface area contributed by atoms with E-state index in [9.17, 15) is 56.2 Å². The first-order chi connectivity index (χ1) is 66.5. The summed E-state index contributed by atoms with van der Waals surface area (Å²) in [5.74, 6) is -1.69. The number of hydrogen-bond acceptors (Lipinski definition) is 26. The van der Waals surface area contributed by atoms with Gasteiger partial charge in [0.15, 0.2) is 152 Å². The lowest BCUT2D eigenvalue weighted by atomic mass is 10.1. The number of phenolic OH excluding ortho intramolecular Hbond substituents is 16. The highest BCUT2D eigenvalue weighted by Gasteiger charge is 2.16. The lowest BCUT2D eigenvalue weighted by Gasteiger charge is -2.26. The summed E-state index contributed by atoms with van der Waals surface area (Å²) >= 11 is 0. The number of rotatable bonds is 19. The van der Waals surface area contributed by atoms with E-state index in [2.05, 4.69) is 75.5 Å². The highest BCUT2D eigenvalue weighted by molar-refractivity contribution is 5.98. The first-order valence-corrected chi connectivity index (χ1v) is 41.2. The van der Waals surface area contributed by atoms with Gasteiger partial charge in [0.25, 0.3) is 0 Å². The van der Waals surface area contributed by atoms with Crippen molar-refractivity contribution >= 4 is 95.4 Å². The largest absolute Gasteiger partial charge is 0.504 e. The van der Waals surface area contributed by atoms with E-state index in [0.717, 1.165) is 33.4 Å². The number of guanidine groups is 16. The molecule has 0 aliphatic heterocycles. The molecule has 0 aliphatic rings. The van der Waals surface area contributed by atoms with E-state index in [1.165, 1.54) is 123 Å². The maximum absolute atomic E-state index is 9.39. The second-order valence-corrected chi connectivity index (χ2v) is 29.3. The van der Waals surface area contributed by atoms with E-state index in [1.54, 1.807) is 129 Å². The van der Waals surface area contributed by atoms with Crippen LogP contribution in [0.1, 0.15) is 44.5 Å². The number of likely N-dealkylation sites (N-methyl/N-ethyl adjacent to an activating group) is 1. The molecule has 0 fully saturated rings. The molecule has 0 heterocycles. The van der Waals surface area contributed by atoms with Gasteiger partial charge < -0.3 is 203 Å². The fourth-order valence-corrected chi connectivity index (χ4v) is 10.1. The smallest absolute Gasteiger partial charge is 0.223 e. The average Bonchev–Trinajstić information content (AvgIpc) is 0.927. The minimum absolute atomic E-state index is 0.00741. The van der Waals surface area contributed by atoms with Crippen LogP contribution in [0, 0.1) is 16.2 Å². The molecular formula is C86H132N40O16. The van der Waals surface area contributed by atoms with E-state index < -0.39 is 0 Å². The monoisotopic (exact) mass is 1980 g/mol. The van der Waals surface area contributed by atoms with Crippen molar-refractivity contribution in [3.63, 3.8) is 0 Å². The molecule has 772 valence electrons. The van der Waals surface area contributed by atoms with Crippen LogP contribution >= 0.6 is 0 Å². The van der Waals surface area contributed by atoms with Crippen molar-refractivity contribution in [3.8, 4) is 92.0 Å². The molecule has 8 rings (SSSR count). The van der Waals surface area contributed by atoms with Gasteiger partial charge in [-0.15, -0.1) is 0 Å². The van der Waals surface area contributed by atoms with Crippen LogP contribution in [0.15, 0.2) is 210 Å². The minimum Gasteiger partial charge on any atom is -0.504 e. The molecule has 56 nitrogen and oxygen atoms in total. The number of nitrogens with two attached hydrogens (primary N) is 16. The number of hydrogen-bond donors (Lipinski definition) is 37. The summed E-state index contributed by atoms with van der Waals surface area (Å²) in [6.07, 6.45) is 1.77. The van der Waals surface area contributed by atoms with Crippen molar-refractivity contribution < 1.29 is 81.7 Å². The van der Waals surface area contributed by atoms with Crippen LogP contribution in [-0.4, -0.2) is 304 Å². The highest BCUT2D eigenvalue weighted by Crippen LogP contribution is 2.32. The summed E-state index contributed by atoms with van der Waals surface area (Å²) in [6.45, 7) is 3.15. The molecule has 56 heteroatoms. The summed E-state index contributed by atoms with van der Waals surface area (Å²) in [5, 5.41) is 176. The van der Waals surface area contributed by atoms with Crippen molar-refractivity contribution in [1.82, 2.24) is 40.0 Å². The molecule has 53 N–H and O–H groups in total. The number of aromatic hydroxyl groups is 16. The molecule has 142 heavy (non-hydrogen) atoms. The Bertz CT molecular complexity index is 5870. The Labute approximate surface area is 817 Å². The van der Waals surface area contributed by atoms with Crippen LogP contribution in [-0.2, 0) is 52.0 Å². The van der Waals surface area contributed by atoms with Crippen molar-refractivity contribution in [2.24, 2.45) is 157 Å².